The molecular formula is C19H26F3NO2. The largest absolute Gasteiger partial charge is 0.463 e. The zero-order valence-electron chi connectivity index (χ0n) is 14.9. The van der Waals surface area contributed by atoms with Crippen molar-refractivity contribution in [3.8, 4) is 0 Å². The fraction of sp³-hybridized carbons (Fsp3) is 0.632. The van der Waals surface area contributed by atoms with Gasteiger partial charge in [-0.1, -0.05) is 18.6 Å². The van der Waals surface area contributed by atoms with Gasteiger partial charge >= 0.3 is 12.1 Å². The van der Waals surface area contributed by atoms with Crippen LogP contribution in [0.4, 0.5) is 13.2 Å². The molecule has 25 heavy (non-hydrogen) atoms. The fourth-order valence-corrected chi connectivity index (χ4v) is 3.76. The molecule has 0 aromatic heterocycles. The first kappa shape index (κ1) is 19.8. The van der Waals surface area contributed by atoms with Crippen molar-refractivity contribution in [2.24, 2.45) is 5.92 Å². The standard InChI is InChI=1S/C19H26F3NO2/c1-12(2)25-17(24)11-14-5-4-6-16(23-3)18(14)13-7-9-15(10-8-13)19(20,21)22/h7-10,12,14,16,18,23H,4-6,11H2,1-3H3. The molecule has 1 aromatic rings. The van der Waals surface area contributed by atoms with Crippen molar-refractivity contribution in [2.45, 2.75) is 63.8 Å². The number of halogens is 3. The zero-order valence-corrected chi connectivity index (χ0v) is 14.9. The summed E-state index contributed by atoms with van der Waals surface area (Å²) in [6.07, 6.45) is -1.41. The summed E-state index contributed by atoms with van der Waals surface area (Å²) in [6, 6.07) is 5.48. The van der Waals surface area contributed by atoms with Gasteiger partial charge in [0.25, 0.3) is 0 Å². The normalized spacial score (nSPS) is 24.4. The lowest BCUT2D eigenvalue weighted by Crippen LogP contribution is -2.40. The Morgan fingerprint density at radius 1 is 1.24 bits per heavy atom. The molecule has 140 valence electrons. The Labute approximate surface area is 146 Å². The van der Waals surface area contributed by atoms with Crippen molar-refractivity contribution in [1.82, 2.24) is 5.32 Å². The molecule has 1 aromatic carbocycles. The topological polar surface area (TPSA) is 38.3 Å². The van der Waals surface area contributed by atoms with E-state index in [4.69, 9.17) is 4.74 Å². The average Bonchev–Trinajstić information content (AvgIpc) is 2.53. The third-order valence-electron chi connectivity index (χ3n) is 4.82. The highest BCUT2D eigenvalue weighted by atomic mass is 19.4. The molecule has 0 aliphatic heterocycles. The summed E-state index contributed by atoms with van der Waals surface area (Å²) in [7, 11) is 1.86. The number of alkyl halides is 3. The SMILES string of the molecule is CNC1CCCC(CC(=O)OC(C)C)C1c1ccc(C(F)(F)F)cc1. The molecule has 3 atom stereocenters. The number of hydrogen-bond donors (Lipinski definition) is 1. The second kappa shape index (κ2) is 8.21. The molecule has 0 bridgehead atoms. The van der Waals surface area contributed by atoms with E-state index in [-0.39, 0.29) is 30.0 Å². The predicted octanol–water partition coefficient (Wildman–Crippen LogP) is 4.52. The van der Waals surface area contributed by atoms with Gasteiger partial charge in [-0.3, -0.25) is 4.79 Å². The Morgan fingerprint density at radius 3 is 2.40 bits per heavy atom. The minimum Gasteiger partial charge on any atom is -0.463 e. The van der Waals surface area contributed by atoms with E-state index in [2.05, 4.69) is 5.32 Å². The minimum absolute atomic E-state index is 0.000691. The molecule has 3 unspecified atom stereocenters. The van der Waals surface area contributed by atoms with Crippen LogP contribution in [0, 0.1) is 5.92 Å². The maximum absolute atomic E-state index is 12.8. The highest BCUT2D eigenvalue weighted by Crippen LogP contribution is 2.41. The number of hydrogen-bond acceptors (Lipinski definition) is 3. The molecule has 1 aliphatic carbocycles. The Bertz CT molecular complexity index is 569. The molecule has 6 heteroatoms. The smallest absolute Gasteiger partial charge is 0.416 e. The number of benzene rings is 1. The van der Waals surface area contributed by atoms with E-state index >= 15 is 0 Å². The number of ether oxygens (including phenoxy) is 1. The van der Waals surface area contributed by atoms with Crippen LogP contribution >= 0.6 is 0 Å². The fourth-order valence-electron chi connectivity index (χ4n) is 3.76. The summed E-state index contributed by atoms with van der Waals surface area (Å²) in [5.41, 5.74) is 0.193. The Balaban J connectivity index is 2.22. The first-order chi connectivity index (χ1) is 11.7. The lowest BCUT2D eigenvalue weighted by Gasteiger charge is -2.38. The zero-order chi connectivity index (χ0) is 18.6. The van der Waals surface area contributed by atoms with Crippen molar-refractivity contribution in [3.63, 3.8) is 0 Å². The maximum atomic E-state index is 12.8. The van der Waals surface area contributed by atoms with Gasteiger partial charge in [0.1, 0.15) is 0 Å². The van der Waals surface area contributed by atoms with Crippen LogP contribution in [0.1, 0.15) is 56.6 Å². The number of likely N-dealkylation sites (N-methyl/N-ethyl adjacent to an activating group) is 1. The lowest BCUT2D eigenvalue weighted by molar-refractivity contribution is -0.149. The average molecular weight is 357 g/mol. The van der Waals surface area contributed by atoms with Gasteiger partial charge in [-0.2, -0.15) is 13.2 Å². The van der Waals surface area contributed by atoms with Gasteiger partial charge in [0.15, 0.2) is 0 Å². The summed E-state index contributed by atoms with van der Waals surface area (Å²) in [6.45, 7) is 3.62. The van der Waals surface area contributed by atoms with Crippen LogP contribution in [0.15, 0.2) is 24.3 Å². The summed E-state index contributed by atoms with van der Waals surface area (Å²) in [5.74, 6) is -0.177. The van der Waals surface area contributed by atoms with E-state index in [0.717, 1.165) is 37.0 Å². The molecule has 3 nitrogen and oxygen atoms in total. The van der Waals surface area contributed by atoms with Crippen molar-refractivity contribution in [2.75, 3.05) is 7.05 Å². The highest BCUT2D eigenvalue weighted by molar-refractivity contribution is 5.70. The molecule has 1 fully saturated rings. The van der Waals surface area contributed by atoms with Crippen LogP contribution in [0.2, 0.25) is 0 Å². The van der Waals surface area contributed by atoms with Gasteiger partial charge in [-0.05, 0) is 57.4 Å². The summed E-state index contributed by atoms with van der Waals surface area (Å²) < 4.78 is 43.7. The first-order valence-corrected chi connectivity index (χ1v) is 8.76. The van der Waals surface area contributed by atoms with Crippen molar-refractivity contribution >= 4 is 5.97 Å². The van der Waals surface area contributed by atoms with Crippen LogP contribution in [-0.2, 0) is 15.7 Å². The molecular weight excluding hydrogens is 331 g/mol. The number of carbonyl (C=O) groups is 1. The molecule has 0 saturated heterocycles. The Hall–Kier alpha value is -1.56. The van der Waals surface area contributed by atoms with Gasteiger partial charge < -0.3 is 10.1 Å². The molecule has 0 spiro atoms. The van der Waals surface area contributed by atoms with Gasteiger partial charge in [0.2, 0.25) is 0 Å². The van der Waals surface area contributed by atoms with E-state index in [1.807, 2.05) is 20.9 Å². The van der Waals surface area contributed by atoms with Crippen LogP contribution in [-0.4, -0.2) is 25.2 Å². The summed E-state index contributed by atoms with van der Waals surface area (Å²) >= 11 is 0. The van der Waals surface area contributed by atoms with E-state index in [0.29, 0.717) is 6.42 Å². The Morgan fingerprint density at radius 2 is 1.88 bits per heavy atom. The summed E-state index contributed by atoms with van der Waals surface area (Å²) in [5, 5.41) is 3.27. The van der Waals surface area contributed by atoms with E-state index in [9.17, 15) is 18.0 Å². The maximum Gasteiger partial charge on any atom is 0.416 e. The minimum atomic E-state index is -4.34. The Kier molecular flexibility index (Phi) is 6.49. The molecule has 0 radical (unpaired) electrons. The first-order valence-electron chi connectivity index (χ1n) is 8.76. The van der Waals surface area contributed by atoms with Gasteiger partial charge in [-0.25, -0.2) is 0 Å². The summed E-state index contributed by atoms with van der Waals surface area (Å²) in [4.78, 5) is 12.1. The molecule has 0 amide bonds. The molecule has 1 aliphatic rings. The van der Waals surface area contributed by atoms with Crippen LogP contribution in [0.3, 0.4) is 0 Å². The van der Waals surface area contributed by atoms with Crippen molar-refractivity contribution < 1.29 is 22.7 Å². The molecule has 1 saturated carbocycles. The molecule has 2 rings (SSSR count). The van der Waals surface area contributed by atoms with Crippen LogP contribution in [0.25, 0.3) is 0 Å². The van der Waals surface area contributed by atoms with E-state index in [1.54, 1.807) is 12.1 Å². The van der Waals surface area contributed by atoms with Crippen molar-refractivity contribution in [3.05, 3.63) is 35.4 Å². The lowest BCUT2D eigenvalue weighted by atomic mass is 9.71. The molecule has 0 heterocycles. The number of nitrogens with one attached hydrogen (secondary N) is 1. The van der Waals surface area contributed by atoms with Gasteiger partial charge in [0.05, 0.1) is 11.7 Å². The van der Waals surface area contributed by atoms with Crippen LogP contribution in [0.5, 0.6) is 0 Å². The second-order valence-corrected chi connectivity index (χ2v) is 6.97. The predicted molar refractivity (Wildman–Crippen MR) is 90.2 cm³/mol. The van der Waals surface area contributed by atoms with E-state index < -0.39 is 11.7 Å². The second-order valence-electron chi connectivity index (χ2n) is 6.97. The van der Waals surface area contributed by atoms with E-state index in [1.165, 1.54) is 0 Å². The third-order valence-corrected chi connectivity index (χ3v) is 4.82. The van der Waals surface area contributed by atoms with Gasteiger partial charge in [-0.15, -0.1) is 0 Å². The van der Waals surface area contributed by atoms with Crippen molar-refractivity contribution in [1.29, 1.82) is 0 Å². The number of carbonyl (C=O) groups excluding carboxylic acids is 1. The monoisotopic (exact) mass is 357 g/mol. The third kappa shape index (κ3) is 5.21. The van der Waals surface area contributed by atoms with Crippen LogP contribution < -0.4 is 5.32 Å². The number of rotatable bonds is 5. The molecule has 1 N–H and O–H groups in total. The number of esters is 1. The highest BCUT2D eigenvalue weighted by Gasteiger charge is 2.36. The quantitative estimate of drug-likeness (QED) is 0.788. The van der Waals surface area contributed by atoms with Gasteiger partial charge in [0, 0.05) is 18.4 Å².